The molecule has 3 aromatic heterocycles. The van der Waals surface area contributed by atoms with E-state index in [1.54, 1.807) is 29.2 Å². The minimum Gasteiger partial charge on any atom is -0.444 e. The highest BCUT2D eigenvalue weighted by atomic mass is 16.5. The number of nitrogens with two attached hydrogens (primary N) is 1. The maximum Gasteiger partial charge on any atom is 0.277 e. The van der Waals surface area contributed by atoms with Crippen LogP contribution in [0.15, 0.2) is 35.2 Å². The van der Waals surface area contributed by atoms with E-state index in [9.17, 15) is 9.59 Å². The number of carbonyl (C=O) groups is 2. The summed E-state index contributed by atoms with van der Waals surface area (Å²) in [6, 6.07) is 3.53. The number of hydrogen-bond acceptors (Lipinski definition) is 7. The van der Waals surface area contributed by atoms with Crippen molar-refractivity contribution in [2.45, 2.75) is 19.4 Å². The normalized spacial score (nSPS) is 16.2. The Morgan fingerprint density at radius 1 is 1.39 bits per heavy atom. The standard InChI is InChI=1S/C18H18N6O4/c1-10-6-11(2-4-20-10)18-22-14(9-28-18)17(26)21-13-7-24(12-3-5-27-8-12)23-15(13)16(19)25/h2,4,6-7,9,12H,3,5,8H2,1H3,(H2,19,25)(H,21,26). The summed E-state index contributed by atoms with van der Waals surface area (Å²) in [5, 5.41) is 6.83. The van der Waals surface area contributed by atoms with Crippen LogP contribution in [0.4, 0.5) is 5.69 Å². The number of oxazole rings is 1. The van der Waals surface area contributed by atoms with Crippen molar-refractivity contribution in [1.29, 1.82) is 0 Å². The molecule has 10 heteroatoms. The number of nitrogens with zero attached hydrogens (tertiary/aromatic N) is 4. The molecule has 1 saturated heterocycles. The summed E-state index contributed by atoms with van der Waals surface area (Å²) in [7, 11) is 0. The molecule has 0 aliphatic carbocycles. The Bertz CT molecular complexity index is 1030. The van der Waals surface area contributed by atoms with Gasteiger partial charge in [0.05, 0.1) is 18.3 Å². The number of carbonyl (C=O) groups excluding carboxylic acids is 2. The van der Waals surface area contributed by atoms with Gasteiger partial charge in [-0.25, -0.2) is 4.98 Å². The molecule has 1 atom stereocenters. The van der Waals surface area contributed by atoms with E-state index in [0.717, 1.165) is 12.1 Å². The number of aryl methyl sites for hydroxylation is 1. The van der Waals surface area contributed by atoms with Crippen molar-refractivity contribution >= 4 is 17.5 Å². The summed E-state index contributed by atoms with van der Waals surface area (Å²) in [6.07, 6.45) is 5.23. The molecule has 1 fully saturated rings. The zero-order chi connectivity index (χ0) is 19.7. The zero-order valence-corrected chi connectivity index (χ0v) is 15.1. The first kappa shape index (κ1) is 17.9. The lowest BCUT2D eigenvalue weighted by Gasteiger charge is -2.06. The minimum absolute atomic E-state index is 0.00247. The number of anilines is 1. The van der Waals surface area contributed by atoms with Gasteiger partial charge in [0.15, 0.2) is 11.4 Å². The van der Waals surface area contributed by atoms with E-state index in [-0.39, 0.29) is 23.1 Å². The smallest absolute Gasteiger partial charge is 0.277 e. The third kappa shape index (κ3) is 3.49. The molecule has 4 rings (SSSR count). The molecule has 4 heterocycles. The number of amides is 2. The van der Waals surface area contributed by atoms with Crippen molar-refractivity contribution in [2.24, 2.45) is 5.73 Å². The predicted molar refractivity (Wildman–Crippen MR) is 97.6 cm³/mol. The topological polar surface area (TPSA) is 138 Å². The second kappa shape index (κ2) is 7.24. The van der Waals surface area contributed by atoms with Crippen molar-refractivity contribution in [1.82, 2.24) is 19.7 Å². The fourth-order valence-corrected chi connectivity index (χ4v) is 2.96. The SMILES string of the molecule is Cc1cc(-c2nc(C(=O)Nc3cn(C4CCOC4)nc3C(N)=O)co2)ccn1. The summed E-state index contributed by atoms with van der Waals surface area (Å²) in [5.41, 5.74) is 7.17. The Balaban J connectivity index is 1.56. The molecular weight excluding hydrogens is 364 g/mol. The van der Waals surface area contributed by atoms with Gasteiger partial charge >= 0.3 is 0 Å². The minimum atomic E-state index is -0.735. The van der Waals surface area contributed by atoms with Crippen molar-refractivity contribution < 1.29 is 18.7 Å². The van der Waals surface area contributed by atoms with Crippen LogP contribution < -0.4 is 11.1 Å². The number of rotatable bonds is 5. The highest BCUT2D eigenvalue weighted by Gasteiger charge is 2.24. The molecule has 1 aliphatic rings. The average molecular weight is 382 g/mol. The summed E-state index contributed by atoms with van der Waals surface area (Å²) in [5.74, 6) is -0.976. The first-order valence-electron chi connectivity index (χ1n) is 8.68. The van der Waals surface area contributed by atoms with Crippen LogP contribution in [0.3, 0.4) is 0 Å². The lowest BCUT2D eigenvalue weighted by Crippen LogP contribution is -2.18. The van der Waals surface area contributed by atoms with Crippen LogP contribution >= 0.6 is 0 Å². The van der Waals surface area contributed by atoms with Crippen LogP contribution in [0.5, 0.6) is 0 Å². The van der Waals surface area contributed by atoms with Gasteiger partial charge in [-0.15, -0.1) is 0 Å². The van der Waals surface area contributed by atoms with Gasteiger partial charge in [-0.2, -0.15) is 5.10 Å². The Morgan fingerprint density at radius 3 is 2.96 bits per heavy atom. The third-order valence-corrected chi connectivity index (χ3v) is 4.37. The zero-order valence-electron chi connectivity index (χ0n) is 15.1. The van der Waals surface area contributed by atoms with Crippen molar-refractivity contribution in [3.8, 4) is 11.5 Å². The molecule has 3 N–H and O–H groups in total. The van der Waals surface area contributed by atoms with E-state index in [1.165, 1.54) is 6.26 Å². The average Bonchev–Trinajstić information content (AvgIpc) is 3.41. The van der Waals surface area contributed by atoms with Crippen molar-refractivity contribution in [3.63, 3.8) is 0 Å². The van der Waals surface area contributed by atoms with Crippen molar-refractivity contribution in [3.05, 3.63) is 47.9 Å². The van der Waals surface area contributed by atoms with Crippen LogP contribution in [0.25, 0.3) is 11.5 Å². The maximum absolute atomic E-state index is 12.6. The van der Waals surface area contributed by atoms with Gasteiger partial charge in [0.2, 0.25) is 5.89 Å². The second-order valence-corrected chi connectivity index (χ2v) is 6.43. The summed E-state index contributed by atoms with van der Waals surface area (Å²) < 4.78 is 12.3. The van der Waals surface area contributed by atoms with E-state index < -0.39 is 11.8 Å². The fourth-order valence-electron chi connectivity index (χ4n) is 2.96. The molecule has 0 radical (unpaired) electrons. The van der Waals surface area contributed by atoms with E-state index in [2.05, 4.69) is 20.4 Å². The number of ether oxygens (including phenoxy) is 1. The molecule has 0 saturated carbocycles. The lowest BCUT2D eigenvalue weighted by atomic mass is 10.2. The van der Waals surface area contributed by atoms with Crippen LogP contribution in [-0.4, -0.2) is 44.8 Å². The van der Waals surface area contributed by atoms with Gasteiger partial charge < -0.3 is 20.2 Å². The van der Waals surface area contributed by atoms with Gasteiger partial charge in [-0.1, -0.05) is 0 Å². The highest BCUT2D eigenvalue weighted by Crippen LogP contribution is 2.24. The Hall–Kier alpha value is -3.53. The summed E-state index contributed by atoms with van der Waals surface area (Å²) in [6.45, 7) is 2.96. The summed E-state index contributed by atoms with van der Waals surface area (Å²) in [4.78, 5) is 32.6. The number of primary amides is 1. The Kier molecular flexibility index (Phi) is 4.62. The number of pyridine rings is 1. The first-order valence-corrected chi connectivity index (χ1v) is 8.68. The molecule has 1 unspecified atom stereocenters. The van der Waals surface area contributed by atoms with Gasteiger partial charge in [0, 0.05) is 30.3 Å². The van der Waals surface area contributed by atoms with Crippen LogP contribution in [0.2, 0.25) is 0 Å². The molecular formula is C18H18N6O4. The lowest BCUT2D eigenvalue weighted by molar-refractivity contribution is 0.0995. The fraction of sp³-hybridized carbons (Fsp3) is 0.278. The van der Waals surface area contributed by atoms with Gasteiger partial charge in [0.1, 0.15) is 6.26 Å². The van der Waals surface area contributed by atoms with Crippen LogP contribution in [0, 0.1) is 6.92 Å². The summed E-state index contributed by atoms with van der Waals surface area (Å²) >= 11 is 0. The van der Waals surface area contributed by atoms with E-state index in [1.807, 2.05) is 6.92 Å². The number of hydrogen-bond donors (Lipinski definition) is 2. The quantitative estimate of drug-likeness (QED) is 0.682. The molecule has 3 aromatic rings. The van der Waals surface area contributed by atoms with Crippen molar-refractivity contribution in [2.75, 3.05) is 18.5 Å². The third-order valence-electron chi connectivity index (χ3n) is 4.37. The molecule has 2 amide bonds. The Labute approximate surface area is 159 Å². The Morgan fingerprint density at radius 2 is 2.25 bits per heavy atom. The molecule has 1 aliphatic heterocycles. The number of aromatic nitrogens is 4. The highest BCUT2D eigenvalue weighted by molar-refractivity contribution is 6.07. The van der Waals surface area contributed by atoms with Gasteiger partial charge in [-0.3, -0.25) is 19.3 Å². The maximum atomic E-state index is 12.6. The van der Waals surface area contributed by atoms with E-state index >= 15 is 0 Å². The molecule has 0 spiro atoms. The molecule has 0 aromatic carbocycles. The molecule has 0 bridgehead atoms. The van der Waals surface area contributed by atoms with E-state index in [0.29, 0.717) is 24.7 Å². The van der Waals surface area contributed by atoms with E-state index in [4.69, 9.17) is 14.9 Å². The molecule has 144 valence electrons. The molecule has 10 nitrogen and oxygen atoms in total. The van der Waals surface area contributed by atoms with Gasteiger partial charge in [-0.05, 0) is 25.5 Å². The molecule has 28 heavy (non-hydrogen) atoms. The first-order chi connectivity index (χ1) is 13.5. The van der Waals surface area contributed by atoms with Gasteiger partial charge in [0.25, 0.3) is 11.8 Å². The van der Waals surface area contributed by atoms with Crippen LogP contribution in [0.1, 0.15) is 39.1 Å². The monoisotopic (exact) mass is 382 g/mol. The predicted octanol–water partition coefficient (Wildman–Crippen LogP) is 1.55. The second-order valence-electron chi connectivity index (χ2n) is 6.43. The number of nitrogens with one attached hydrogen (secondary N) is 1. The largest absolute Gasteiger partial charge is 0.444 e. The van der Waals surface area contributed by atoms with Crippen LogP contribution in [-0.2, 0) is 4.74 Å².